The molecule has 1 amide bonds. The molecular weight excluding hydrogens is 364 g/mol. The summed E-state index contributed by atoms with van der Waals surface area (Å²) in [5.41, 5.74) is 1.36. The number of nitrogens with zero attached hydrogens (tertiary/aromatic N) is 2. The summed E-state index contributed by atoms with van der Waals surface area (Å²) < 4.78 is 11.2. The quantitative estimate of drug-likeness (QED) is 0.260. The van der Waals surface area contributed by atoms with Crippen LogP contribution in [-0.2, 0) is 25.7 Å². The molecule has 2 saturated heterocycles. The minimum atomic E-state index is -0.609. The Kier molecular flexibility index (Phi) is 4.52. The van der Waals surface area contributed by atoms with Crippen molar-refractivity contribution in [1.82, 2.24) is 4.90 Å². The fraction of sp³-hybridized carbons (Fsp3) is 0.200. The van der Waals surface area contributed by atoms with Crippen molar-refractivity contribution in [1.29, 1.82) is 0 Å². The molecule has 8 nitrogen and oxygen atoms in total. The van der Waals surface area contributed by atoms with Gasteiger partial charge in [-0.05, 0) is 23.3 Å². The topological polar surface area (TPSA) is 99.0 Å². The van der Waals surface area contributed by atoms with E-state index in [4.69, 9.17) is 9.47 Å². The number of non-ortho nitro benzene ring substituents is 1. The second-order valence-electron chi connectivity index (χ2n) is 6.46. The van der Waals surface area contributed by atoms with Gasteiger partial charge < -0.3 is 9.47 Å². The van der Waals surface area contributed by atoms with Crippen LogP contribution in [-0.4, -0.2) is 34.5 Å². The van der Waals surface area contributed by atoms with Gasteiger partial charge in [-0.1, -0.05) is 30.3 Å². The van der Waals surface area contributed by atoms with Gasteiger partial charge in [0.25, 0.3) is 5.69 Å². The Morgan fingerprint density at radius 1 is 1.18 bits per heavy atom. The summed E-state index contributed by atoms with van der Waals surface area (Å²) in [5.74, 6) is -0.314. The average Bonchev–Trinajstić information content (AvgIpc) is 3.04. The summed E-state index contributed by atoms with van der Waals surface area (Å²) in [7, 11) is 0. The number of nitro benzene ring substituents is 1. The number of hydrogen-bond donors (Lipinski definition) is 0. The molecule has 1 atom stereocenters. The van der Waals surface area contributed by atoms with Crippen LogP contribution in [0.15, 0.2) is 60.4 Å². The van der Waals surface area contributed by atoms with Gasteiger partial charge in [-0.15, -0.1) is 0 Å². The van der Waals surface area contributed by atoms with E-state index in [1.165, 1.54) is 29.2 Å². The van der Waals surface area contributed by atoms with Gasteiger partial charge in [0, 0.05) is 12.1 Å². The Labute approximate surface area is 160 Å². The third-order valence-corrected chi connectivity index (χ3v) is 4.67. The van der Waals surface area contributed by atoms with Gasteiger partial charge in [-0.3, -0.25) is 19.8 Å². The van der Waals surface area contributed by atoms with E-state index >= 15 is 0 Å². The lowest BCUT2D eigenvalue weighted by molar-refractivity contribution is -0.384. The van der Waals surface area contributed by atoms with E-state index in [2.05, 4.69) is 0 Å². The van der Waals surface area contributed by atoms with Crippen LogP contribution >= 0.6 is 0 Å². The van der Waals surface area contributed by atoms with Crippen LogP contribution < -0.4 is 0 Å². The van der Waals surface area contributed by atoms with Crippen molar-refractivity contribution in [2.24, 2.45) is 0 Å². The summed E-state index contributed by atoms with van der Waals surface area (Å²) in [5, 5.41) is 10.9. The highest BCUT2D eigenvalue weighted by atomic mass is 16.6. The van der Waals surface area contributed by atoms with Crippen LogP contribution in [0.3, 0.4) is 0 Å². The third kappa shape index (κ3) is 3.32. The largest absolute Gasteiger partial charge is 0.471 e. The molecule has 28 heavy (non-hydrogen) atoms. The van der Waals surface area contributed by atoms with Crippen molar-refractivity contribution < 1.29 is 24.0 Å². The number of esters is 1. The molecule has 8 heteroatoms. The number of ether oxygens (including phenoxy) is 2. The first-order valence-corrected chi connectivity index (χ1v) is 8.68. The molecule has 2 heterocycles. The standard InChI is InChI=1S/C20H16N2O6/c23-17-10-18-21(17)11-16(28-18)19(14-6-8-15(9-7-14)22(25)26)20(24)27-12-13-4-2-1-3-5-13/h1-9,18H,10-12H2/b19-16+. The molecule has 0 saturated carbocycles. The van der Waals surface area contributed by atoms with Crippen LogP contribution in [0.1, 0.15) is 17.5 Å². The maximum atomic E-state index is 12.8. The SMILES string of the molecule is O=C(OCc1ccccc1)/C(=C1\CN2C(=O)CC2O1)c1ccc([N+](=O)[O-])cc1. The summed E-state index contributed by atoms with van der Waals surface area (Å²) in [6, 6.07) is 14.8. The van der Waals surface area contributed by atoms with Crippen molar-refractivity contribution >= 4 is 23.1 Å². The van der Waals surface area contributed by atoms with Gasteiger partial charge in [0.2, 0.25) is 5.91 Å². The number of fused-ring (bicyclic) bond motifs is 1. The Balaban J connectivity index is 1.62. The molecule has 0 aliphatic carbocycles. The summed E-state index contributed by atoms with van der Waals surface area (Å²) in [6.45, 7) is 0.256. The number of carbonyl (C=O) groups is 2. The van der Waals surface area contributed by atoms with Gasteiger partial charge in [-0.2, -0.15) is 0 Å². The molecule has 4 rings (SSSR count). The van der Waals surface area contributed by atoms with Gasteiger partial charge in [-0.25, -0.2) is 4.79 Å². The molecule has 0 N–H and O–H groups in total. The van der Waals surface area contributed by atoms with E-state index in [1.54, 1.807) is 0 Å². The number of amides is 1. The zero-order chi connectivity index (χ0) is 19.7. The van der Waals surface area contributed by atoms with Gasteiger partial charge in [0.1, 0.15) is 17.9 Å². The zero-order valence-corrected chi connectivity index (χ0v) is 14.7. The molecule has 2 aromatic rings. The molecule has 2 aliphatic heterocycles. The van der Waals surface area contributed by atoms with E-state index in [0.717, 1.165) is 5.56 Å². The minimum absolute atomic E-state index is 0.0410. The second kappa shape index (κ2) is 7.15. The maximum absolute atomic E-state index is 12.8. The predicted molar refractivity (Wildman–Crippen MR) is 97.5 cm³/mol. The first-order chi connectivity index (χ1) is 13.5. The van der Waals surface area contributed by atoms with E-state index in [9.17, 15) is 19.7 Å². The first-order valence-electron chi connectivity index (χ1n) is 8.68. The molecule has 2 fully saturated rings. The summed E-state index contributed by atoms with van der Waals surface area (Å²) in [4.78, 5) is 36.4. The normalized spacial score (nSPS) is 19.4. The molecule has 0 bridgehead atoms. The Morgan fingerprint density at radius 2 is 1.89 bits per heavy atom. The van der Waals surface area contributed by atoms with Crippen molar-refractivity contribution in [3.05, 3.63) is 81.6 Å². The molecule has 2 aromatic carbocycles. The van der Waals surface area contributed by atoms with Gasteiger partial charge >= 0.3 is 5.97 Å². The average molecular weight is 380 g/mol. The zero-order valence-electron chi connectivity index (χ0n) is 14.7. The highest BCUT2D eigenvalue weighted by Crippen LogP contribution is 2.35. The maximum Gasteiger partial charge on any atom is 0.342 e. The van der Waals surface area contributed by atoms with Crippen molar-refractivity contribution in [3.8, 4) is 0 Å². The van der Waals surface area contributed by atoms with Crippen molar-refractivity contribution in [2.75, 3.05) is 6.54 Å². The molecular formula is C20H16N2O6. The number of carbonyl (C=O) groups excluding carboxylic acids is 2. The van der Waals surface area contributed by atoms with Gasteiger partial charge in [0.05, 0.1) is 17.9 Å². The van der Waals surface area contributed by atoms with Gasteiger partial charge in [0.15, 0.2) is 6.23 Å². The Bertz CT molecular complexity index is 968. The minimum Gasteiger partial charge on any atom is -0.471 e. The number of β-lactam (4-membered cyclic amide) rings is 1. The molecule has 0 aromatic heterocycles. The molecule has 1 unspecified atom stereocenters. The fourth-order valence-electron chi connectivity index (χ4n) is 3.15. The van der Waals surface area contributed by atoms with Crippen LogP contribution in [0.2, 0.25) is 0 Å². The summed E-state index contributed by atoms with van der Waals surface area (Å²) in [6.07, 6.45) is -0.0895. The van der Waals surface area contributed by atoms with Crippen LogP contribution in [0, 0.1) is 10.1 Å². The van der Waals surface area contributed by atoms with E-state index in [0.29, 0.717) is 11.3 Å². The Morgan fingerprint density at radius 3 is 2.50 bits per heavy atom. The lowest BCUT2D eigenvalue weighted by atomic mass is 10.0. The van der Waals surface area contributed by atoms with Crippen LogP contribution in [0.5, 0.6) is 0 Å². The lowest BCUT2D eigenvalue weighted by Gasteiger charge is -2.30. The smallest absolute Gasteiger partial charge is 0.342 e. The molecule has 0 radical (unpaired) electrons. The van der Waals surface area contributed by atoms with Crippen LogP contribution in [0.4, 0.5) is 5.69 Å². The highest BCUT2D eigenvalue weighted by molar-refractivity contribution is 6.17. The Hall–Kier alpha value is -3.68. The fourth-order valence-corrected chi connectivity index (χ4v) is 3.15. The van der Waals surface area contributed by atoms with E-state index in [1.807, 2.05) is 30.3 Å². The second-order valence-corrected chi connectivity index (χ2v) is 6.46. The summed E-state index contributed by atoms with van der Waals surface area (Å²) >= 11 is 0. The molecule has 0 spiro atoms. The third-order valence-electron chi connectivity index (χ3n) is 4.67. The van der Waals surface area contributed by atoms with Crippen molar-refractivity contribution in [3.63, 3.8) is 0 Å². The molecule has 142 valence electrons. The monoisotopic (exact) mass is 380 g/mol. The van der Waals surface area contributed by atoms with Crippen LogP contribution in [0.25, 0.3) is 5.57 Å². The van der Waals surface area contributed by atoms with E-state index in [-0.39, 0.29) is 43.0 Å². The van der Waals surface area contributed by atoms with Crippen molar-refractivity contribution in [2.45, 2.75) is 19.3 Å². The number of hydrogen-bond acceptors (Lipinski definition) is 6. The lowest BCUT2D eigenvalue weighted by Crippen LogP contribution is -2.48. The van der Waals surface area contributed by atoms with E-state index < -0.39 is 10.9 Å². The number of rotatable bonds is 5. The number of nitro groups is 1. The molecule has 2 aliphatic rings. The highest BCUT2D eigenvalue weighted by Gasteiger charge is 2.45. The first kappa shape index (κ1) is 17.7. The number of benzene rings is 2. The predicted octanol–water partition coefficient (Wildman–Crippen LogP) is 2.64.